The summed E-state index contributed by atoms with van der Waals surface area (Å²) in [6, 6.07) is 11.4. The number of nitrogens with one attached hydrogen (secondary N) is 2. The monoisotopic (exact) mass is 410 g/mol. The van der Waals surface area contributed by atoms with Gasteiger partial charge in [-0.25, -0.2) is 4.99 Å². The Kier molecular flexibility index (Phi) is 6.61. The predicted molar refractivity (Wildman–Crippen MR) is 122 cm³/mol. The number of aliphatic imine (C=N–C) groups is 1. The molecule has 0 radical (unpaired) electrons. The number of nitrogens with two attached hydrogens (primary N) is 1. The Balaban J connectivity index is 2.05. The molecule has 2 aromatic rings. The van der Waals surface area contributed by atoms with E-state index in [9.17, 15) is 4.79 Å². The molecule has 0 aromatic heterocycles. The number of carbonyl (C=O) groups excluding carboxylic acids is 1. The Labute approximate surface area is 176 Å². The summed E-state index contributed by atoms with van der Waals surface area (Å²) in [6.45, 7) is 5.90. The van der Waals surface area contributed by atoms with Crippen molar-refractivity contribution in [2.75, 3.05) is 24.6 Å². The number of hydrogen-bond acceptors (Lipinski definition) is 6. The van der Waals surface area contributed by atoms with Gasteiger partial charge in [-0.15, -0.1) is 0 Å². The van der Waals surface area contributed by atoms with Gasteiger partial charge in [0.1, 0.15) is 17.9 Å². The predicted octanol–water partition coefficient (Wildman–Crippen LogP) is 4.67. The van der Waals surface area contributed by atoms with Gasteiger partial charge in [-0.1, -0.05) is 24.3 Å². The second kappa shape index (κ2) is 9.15. The molecule has 7 heteroatoms. The SMILES string of the molecule is C=C(C)c1ccc(N=C(C(=O)NC)c2cc(C3CC3)c(NSOC)cc2N)cc1. The van der Waals surface area contributed by atoms with Crippen molar-refractivity contribution in [3.05, 3.63) is 59.7 Å². The lowest BCUT2D eigenvalue weighted by Crippen LogP contribution is -2.29. The van der Waals surface area contributed by atoms with Crippen LogP contribution in [0.3, 0.4) is 0 Å². The minimum atomic E-state index is -0.283. The van der Waals surface area contributed by atoms with E-state index in [1.807, 2.05) is 43.3 Å². The van der Waals surface area contributed by atoms with Crippen LogP contribution in [-0.4, -0.2) is 25.8 Å². The summed E-state index contributed by atoms with van der Waals surface area (Å²) >= 11 is 1.14. The molecule has 3 rings (SSSR count). The maximum atomic E-state index is 12.6. The molecule has 1 fully saturated rings. The minimum absolute atomic E-state index is 0.283. The highest BCUT2D eigenvalue weighted by molar-refractivity contribution is 7.96. The van der Waals surface area contributed by atoms with Gasteiger partial charge in [0.25, 0.3) is 5.91 Å². The van der Waals surface area contributed by atoms with Crippen molar-refractivity contribution in [2.24, 2.45) is 4.99 Å². The Morgan fingerprint density at radius 3 is 2.52 bits per heavy atom. The molecule has 4 N–H and O–H groups in total. The second-order valence-electron chi connectivity index (χ2n) is 7.02. The Morgan fingerprint density at radius 2 is 1.97 bits per heavy atom. The highest BCUT2D eigenvalue weighted by Crippen LogP contribution is 2.45. The van der Waals surface area contributed by atoms with E-state index in [-0.39, 0.29) is 5.91 Å². The first kappa shape index (κ1) is 21.0. The molecule has 0 spiro atoms. The van der Waals surface area contributed by atoms with Crippen LogP contribution < -0.4 is 15.8 Å². The summed E-state index contributed by atoms with van der Waals surface area (Å²) < 4.78 is 8.22. The molecule has 6 nitrogen and oxygen atoms in total. The fourth-order valence-electron chi connectivity index (χ4n) is 3.05. The van der Waals surface area contributed by atoms with Crippen LogP contribution in [0.4, 0.5) is 17.1 Å². The second-order valence-corrected chi connectivity index (χ2v) is 7.72. The smallest absolute Gasteiger partial charge is 0.270 e. The number of hydrogen-bond donors (Lipinski definition) is 3. The third-order valence-corrected chi connectivity index (χ3v) is 5.24. The number of anilines is 2. The molecule has 1 amide bonds. The molecule has 0 atom stereocenters. The summed E-state index contributed by atoms with van der Waals surface area (Å²) in [7, 11) is 3.19. The Bertz CT molecular complexity index is 950. The summed E-state index contributed by atoms with van der Waals surface area (Å²) in [5.41, 5.74) is 12.4. The van der Waals surface area contributed by atoms with E-state index < -0.39 is 0 Å². The summed E-state index contributed by atoms with van der Waals surface area (Å²) in [6.07, 6.45) is 2.23. The van der Waals surface area contributed by atoms with Crippen LogP contribution in [0.2, 0.25) is 0 Å². The molecule has 0 aliphatic heterocycles. The van der Waals surface area contributed by atoms with Crippen molar-refractivity contribution >= 4 is 46.5 Å². The van der Waals surface area contributed by atoms with Crippen LogP contribution in [0.5, 0.6) is 0 Å². The van der Waals surface area contributed by atoms with Crippen molar-refractivity contribution < 1.29 is 8.98 Å². The maximum Gasteiger partial charge on any atom is 0.270 e. The Hall–Kier alpha value is -2.77. The van der Waals surface area contributed by atoms with E-state index in [0.29, 0.717) is 28.6 Å². The molecular formula is C22H26N4O2S. The van der Waals surface area contributed by atoms with Crippen LogP contribution in [0, 0.1) is 0 Å². The van der Waals surface area contributed by atoms with E-state index in [1.54, 1.807) is 14.2 Å². The number of amides is 1. The molecule has 0 heterocycles. The van der Waals surface area contributed by atoms with E-state index in [4.69, 9.17) is 9.92 Å². The van der Waals surface area contributed by atoms with E-state index in [1.165, 1.54) is 0 Å². The first-order chi connectivity index (χ1) is 13.9. The number of nitrogens with zero attached hydrogens (tertiary/aromatic N) is 1. The molecule has 29 heavy (non-hydrogen) atoms. The maximum absolute atomic E-state index is 12.6. The highest BCUT2D eigenvalue weighted by atomic mass is 32.2. The third kappa shape index (κ3) is 4.99. The number of carbonyl (C=O) groups is 1. The lowest BCUT2D eigenvalue weighted by atomic mass is 9.99. The van der Waals surface area contributed by atoms with Crippen LogP contribution in [0.15, 0.2) is 48.0 Å². The van der Waals surface area contributed by atoms with Gasteiger partial charge >= 0.3 is 0 Å². The molecular weight excluding hydrogens is 384 g/mol. The highest BCUT2D eigenvalue weighted by Gasteiger charge is 2.28. The van der Waals surface area contributed by atoms with Gasteiger partial charge in [0.15, 0.2) is 0 Å². The first-order valence-corrected chi connectivity index (χ1v) is 10.1. The zero-order chi connectivity index (χ0) is 21.0. The Morgan fingerprint density at radius 1 is 1.28 bits per heavy atom. The van der Waals surface area contributed by atoms with E-state index >= 15 is 0 Å². The average Bonchev–Trinajstić information content (AvgIpc) is 3.55. The van der Waals surface area contributed by atoms with Crippen molar-refractivity contribution in [1.82, 2.24) is 5.32 Å². The fourth-order valence-corrected chi connectivity index (χ4v) is 3.40. The minimum Gasteiger partial charge on any atom is -0.398 e. The number of allylic oxidation sites excluding steroid dienone is 1. The van der Waals surface area contributed by atoms with E-state index in [2.05, 4.69) is 21.6 Å². The first-order valence-electron chi connectivity index (χ1n) is 9.40. The van der Waals surface area contributed by atoms with Crippen LogP contribution in [-0.2, 0) is 8.98 Å². The standard InChI is InChI=1S/C22H26N4O2S/c1-13(2)14-7-9-16(10-8-14)25-21(22(27)24-3)18-11-17(15-5-6-15)20(12-19(18)23)26-29-28-4/h7-12,15,26H,1,5-6,23H2,2-4H3,(H,24,27). The molecule has 1 aliphatic rings. The van der Waals surface area contributed by atoms with E-state index in [0.717, 1.165) is 47.5 Å². The van der Waals surface area contributed by atoms with Crippen molar-refractivity contribution in [3.63, 3.8) is 0 Å². The molecule has 0 unspecified atom stereocenters. The van der Waals surface area contributed by atoms with Gasteiger partial charge in [0, 0.05) is 18.3 Å². The largest absolute Gasteiger partial charge is 0.398 e. The topological polar surface area (TPSA) is 88.7 Å². The van der Waals surface area contributed by atoms with Crippen LogP contribution in [0.1, 0.15) is 42.4 Å². The molecule has 1 aliphatic carbocycles. The number of nitrogen functional groups attached to an aromatic ring is 1. The van der Waals surface area contributed by atoms with Gasteiger partial charge in [-0.2, -0.15) is 0 Å². The van der Waals surface area contributed by atoms with Gasteiger partial charge in [-0.05, 0) is 61.1 Å². The normalized spacial score (nSPS) is 13.8. The summed E-state index contributed by atoms with van der Waals surface area (Å²) in [5, 5.41) is 2.67. The quantitative estimate of drug-likeness (QED) is 0.255. The lowest BCUT2D eigenvalue weighted by Gasteiger charge is -2.15. The van der Waals surface area contributed by atoms with Gasteiger partial charge in [-0.3, -0.25) is 4.79 Å². The summed E-state index contributed by atoms with van der Waals surface area (Å²) in [4.78, 5) is 17.3. The van der Waals surface area contributed by atoms with Crippen LogP contribution in [0.25, 0.3) is 5.57 Å². The molecule has 2 aromatic carbocycles. The van der Waals surface area contributed by atoms with Gasteiger partial charge < -0.3 is 20.0 Å². The third-order valence-electron chi connectivity index (χ3n) is 4.77. The number of rotatable bonds is 8. The van der Waals surface area contributed by atoms with Gasteiger partial charge in [0.05, 0.1) is 18.5 Å². The molecule has 0 saturated heterocycles. The zero-order valence-corrected chi connectivity index (χ0v) is 17.7. The number of benzene rings is 2. The van der Waals surface area contributed by atoms with Crippen molar-refractivity contribution in [2.45, 2.75) is 25.7 Å². The molecule has 0 bridgehead atoms. The molecule has 1 saturated carbocycles. The lowest BCUT2D eigenvalue weighted by molar-refractivity contribution is -0.114. The van der Waals surface area contributed by atoms with Crippen molar-refractivity contribution in [1.29, 1.82) is 0 Å². The van der Waals surface area contributed by atoms with Gasteiger partial charge in [0.2, 0.25) is 0 Å². The molecule has 152 valence electrons. The van der Waals surface area contributed by atoms with Crippen LogP contribution >= 0.6 is 12.2 Å². The fraction of sp³-hybridized carbons (Fsp3) is 0.273. The zero-order valence-electron chi connectivity index (χ0n) is 16.9. The average molecular weight is 411 g/mol. The number of likely N-dealkylation sites (N-methyl/N-ethyl adjacent to an activating group) is 1. The van der Waals surface area contributed by atoms with Crippen molar-refractivity contribution in [3.8, 4) is 0 Å². The summed E-state index contributed by atoms with van der Waals surface area (Å²) in [5.74, 6) is 0.171.